The highest BCUT2D eigenvalue weighted by molar-refractivity contribution is 7.92. The van der Waals surface area contributed by atoms with E-state index in [1.807, 2.05) is 0 Å². The number of para-hydroxylation sites is 1. The number of sulfonamides is 1. The molecule has 0 amide bonds. The van der Waals surface area contributed by atoms with Crippen molar-refractivity contribution in [1.29, 1.82) is 0 Å². The molecule has 0 radical (unpaired) electrons. The number of aromatic nitrogens is 1. The number of rotatable bonds is 4. The number of pyridine rings is 1. The van der Waals surface area contributed by atoms with Gasteiger partial charge in [0.1, 0.15) is 0 Å². The molecule has 0 bridgehead atoms. The number of aromatic carboxylic acids is 1. The molecule has 0 atom stereocenters. The van der Waals surface area contributed by atoms with Crippen molar-refractivity contribution in [3.63, 3.8) is 0 Å². The Hall–Kier alpha value is -2.41. The van der Waals surface area contributed by atoms with Gasteiger partial charge >= 0.3 is 5.97 Å². The largest absolute Gasteiger partial charge is 0.478 e. The summed E-state index contributed by atoms with van der Waals surface area (Å²) in [6.45, 7) is 0. The zero-order chi connectivity index (χ0) is 14.8. The number of carboxylic acid groups (broad SMARTS) is 1. The van der Waals surface area contributed by atoms with E-state index < -0.39 is 16.0 Å². The van der Waals surface area contributed by atoms with Crippen LogP contribution >= 0.6 is 0 Å². The fourth-order valence-corrected chi connectivity index (χ4v) is 2.68. The van der Waals surface area contributed by atoms with Crippen LogP contribution in [-0.4, -0.2) is 31.5 Å². The molecule has 20 heavy (non-hydrogen) atoms. The Morgan fingerprint density at radius 1 is 1.15 bits per heavy atom. The minimum absolute atomic E-state index is 0.0636. The number of carboxylic acids is 1. The highest BCUT2D eigenvalue weighted by Crippen LogP contribution is 2.20. The molecule has 0 saturated carbocycles. The second kappa shape index (κ2) is 5.30. The minimum Gasteiger partial charge on any atom is -0.478 e. The fourth-order valence-electron chi connectivity index (χ4n) is 1.58. The first-order valence-corrected chi connectivity index (χ1v) is 7.10. The molecule has 1 N–H and O–H groups in total. The second-order valence-corrected chi connectivity index (χ2v) is 5.91. The summed E-state index contributed by atoms with van der Waals surface area (Å²) >= 11 is 0. The third-order valence-corrected chi connectivity index (χ3v) is 4.43. The maximum atomic E-state index is 12.3. The van der Waals surface area contributed by atoms with Gasteiger partial charge in [-0.3, -0.25) is 4.31 Å². The lowest BCUT2D eigenvalue weighted by molar-refractivity contribution is 0.0696. The van der Waals surface area contributed by atoms with E-state index >= 15 is 0 Å². The first kappa shape index (κ1) is 14.0. The lowest BCUT2D eigenvalue weighted by atomic mass is 10.3. The van der Waals surface area contributed by atoms with E-state index in [4.69, 9.17) is 5.11 Å². The Morgan fingerprint density at radius 3 is 2.30 bits per heavy atom. The monoisotopic (exact) mass is 292 g/mol. The van der Waals surface area contributed by atoms with E-state index in [1.165, 1.54) is 19.2 Å². The number of carbonyl (C=O) groups is 1. The summed E-state index contributed by atoms with van der Waals surface area (Å²) in [6.07, 6.45) is 1.02. The van der Waals surface area contributed by atoms with Crippen LogP contribution < -0.4 is 4.31 Å². The van der Waals surface area contributed by atoms with Gasteiger partial charge in [0.15, 0.2) is 5.03 Å². The smallest absolute Gasteiger partial charge is 0.337 e. The summed E-state index contributed by atoms with van der Waals surface area (Å²) in [5.41, 5.74) is 0.433. The fraction of sp³-hybridized carbons (Fsp3) is 0.0769. The van der Waals surface area contributed by atoms with Crippen molar-refractivity contribution >= 4 is 21.7 Å². The molecule has 1 aromatic carbocycles. The van der Waals surface area contributed by atoms with Crippen molar-refractivity contribution in [3.05, 3.63) is 54.2 Å². The van der Waals surface area contributed by atoms with Crippen LogP contribution in [0.3, 0.4) is 0 Å². The van der Waals surface area contributed by atoms with Crippen molar-refractivity contribution in [2.45, 2.75) is 5.03 Å². The Balaban J connectivity index is 2.37. The van der Waals surface area contributed by atoms with E-state index in [2.05, 4.69) is 4.98 Å². The van der Waals surface area contributed by atoms with Crippen molar-refractivity contribution in [1.82, 2.24) is 4.98 Å². The quantitative estimate of drug-likeness (QED) is 0.925. The molecule has 2 aromatic rings. The summed E-state index contributed by atoms with van der Waals surface area (Å²) in [6, 6.07) is 10.9. The van der Waals surface area contributed by atoms with Gasteiger partial charge < -0.3 is 5.11 Å². The van der Waals surface area contributed by atoms with Crippen molar-refractivity contribution in [2.75, 3.05) is 11.4 Å². The molecule has 2 rings (SSSR count). The van der Waals surface area contributed by atoms with Gasteiger partial charge in [-0.2, -0.15) is 8.42 Å². The molecular weight excluding hydrogens is 280 g/mol. The van der Waals surface area contributed by atoms with E-state index in [1.54, 1.807) is 30.3 Å². The molecule has 1 heterocycles. The predicted octanol–water partition coefficient (Wildman–Crippen LogP) is 1.60. The van der Waals surface area contributed by atoms with Crippen LogP contribution in [0.4, 0.5) is 5.69 Å². The average Bonchev–Trinajstić information content (AvgIpc) is 2.47. The van der Waals surface area contributed by atoms with Crippen LogP contribution in [0.1, 0.15) is 10.4 Å². The lowest BCUT2D eigenvalue weighted by Gasteiger charge is -2.18. The van der Waals surface area contributed by atoms with Crippen molar-refractivity contribution < 1.29 is 18.3 Å². The third kappa shape index (κ3) is 2.62. The zero-order valence-corrected chi connectivity index (χ0v) is 11.4. The standard InChI is InChI=1S/C13H12N2O4S/c1-15(11-5-3-2-4-6-11)20(18,19)12-8-7-10(9-14-12)13(16)17/h2-9H,1H3,(H,16,17). The normalized spacial score (nSPS) is 11.1. The van der Waals surface area contributed by atoms with Gasteiger partial charge in [-0.05, 0) is 24.3 Å². The van der Waals surface area contributed by atoms with Crippen LogP contribution in [0.25, 0.3) is 0 Å². The molecule has 7 heteroatoms. The number of hydrogen-bond donors (Lipinski definition) is 1. The van der Waals surface area contributed by atoms with Gasteiger partial charge in [0.2, 0.25) is 0 Å². The summed E-state index contributed by atoms with van der Waals surface area (Å²) < 4.78 is 25.8. The summed E-state index contributed by atoms with van der Waals surface area (Å²) in [5.74, 6) is -1.15. The van der Waals surface area contributed by atoms with Crippen LogP contribution in [0, 0.1) is 0 Å². The van der Waals surface area contributed by atoms with Crippen LogP contribution in [-0.2, 0) is 10.0 Å². The highest BCUT2D eigenvalue weighted by atomic mass is 32.2. The predicted molar refractivity (Wildman–Crippen MR) is 73.2 cm³/mol. The first-order chi connectivity index (χ1) is 9.43. The Labute approximate surface area is 116 Å². The Morgan fingerprint density at radius 2 is 1.80 bits per heavy atom. The van der Waals surface area contributed by atoms with E-state index in [-0.39, 0.29) is 10.6 Å². The molecule has 6 nitrogen and oxygen atoms in total. The Bertz CT molecular complexity index is 712. The maximum absolute atomic E-state index is 12.3. The second-order valence-electron chi connectivity index (χ2n) is 4.00. The lowest BCUT2D eigenvalue weighted by Crippen LogP contribution is -2.27. The molecular formula is C13H12N2O4S. The average molecular weight is 292 g/mol. The summed E-state index contributed by atoms with van der Waals surface area (Å²) in [7, 11) is -2.39. The number of hydrogen-bond acceptors (Lipinski definition) is 4. The van der Waals surface area contributed by atoms with Crippen molar-refractivity contribution in [3.8, 4) is 0 Å². The van der Waals surface area contributed by atoms with E-state index in [0.717, 1.165) is 10.5 Å². The number of anilines is 1. The maximum Gasteiger partial charge on any atom is 0.337 e. The Kier molecular flexibility index (Phi) is 3.71. The molecule has 0 saturated heterocycles. The highest BCUT2D eigenvalue weighted by Gasteiger charge is 2.22. The van der Waals surface area contributed by atoms with E-state index in [9.17, 15) is 13.2 Å². The molecule has 0 aliphatic carbocycles. The van der Waals surface area contributed by atoms with Gasteiger partial charge in [-0.1, -0.05) is 18.2 Å². The summed E-state index contributed by atoms with van der Waals surface area (Å²) in [4.78, 5) is 14.4. The molecule has 0 aliphatic rings. The topological polar surface area (TPSA) is 87.6 Å². The zero-order valence-electron chi connectivity index (χ0n) is 10.6. The molecule has 104 valence electrons. The van der Waals surface area contributed by atoms with Gasteiger partial charge in [0, 0.05) is 13.2 Å². The summed E-state index contributed by atoms with van der Waals surface area (Å²) in [5, 5.41) is 8.57. The van der Waals surface area contributed by atoms with Gasteiger partial charge in [0.25, 0.3) is 10.0 Å². The van der Waals surface area contributed by atoms with Crippen molar-refractivity contribution in [2.24, 2.45) is 0 Å². The van der Waals surface area contributed by atoms with Crippen LogP contribution in [0.15, 0.2) is 53.7 Å². The van der Waals surface area contributed by atoms with Crippen LogP contribution in [0.2, 0.25) is 0 Å². The SMILES string of the molecule is CN(c1ccccc1)S(=O)(=O)c1ccc(C(=O)O)cn1. The van der Waals surface area contributed by atoms with Gasteiger partial charge in [-0.25, -0.2) is 9.78 Å². The third-order valence-electron chi connectivity index (χ3n) is 2.73. The van der Waals surface area contributed by atoms with Crippen LogP contribution in [0.5, 0.6) is 0 Å². The number of nitrogens with zero attached hydrogens (tertiary/aromatic N) is 2. The molecule has 0 aliphatic heterocycles. The van der Waals surface area contributed by atoms with Gasteiger partial charge in [-0.15, -0.1) is 0 Å². The first-order valence-electron chi connectivity index (χ1n) is 5.66. The van der Waals surface area contributed by atoms with Gasteiger partial charge in [0.05, 0.1) is 11.3 Å². The minimum atomic E-state index is -3.81. The van der Waals surface area contributed by atoms with E-state index in [0.29, 0.717) is 5.69 Å². The molecule has 1 aromatic heterocycles. The molecule has 0 fully saturated rings. The molecule has 0 spiro atoms. The number of benzene rings is 1. The molecule has 0 unspecified atom stereocenters.